The Morgan fingerprint density at radius 3 is 1.86 bits per heavy atom. The first-order valence-electron chi connectivity index (χ1n) is 15.6. The van der Waals surface area contributed by atoms with E-state index in [0.717, 1.165) is 38.5 Å². The van der Waals surface area contributed by atoms with Crippen LogP contribution in [0, 0.1) is 0 Å². The second kappa shape index (κ2) is 18.5. The third-order valence-corrected chi connectivity index (χ3v) is 8.65. The summed E-state index contributed by atoms with van der Waals surface area (Å²) in [6, 6.07) is -1.60. The van der Waals surface area contributed by atoms with Gasteiger partial charge in [-0.3, -0.25) is 0 Å². The second-order valence-electron chi connectivity index (χ2n) is 11.9. The van der Waals surface area contributed by atoms with Gasteiger partial charge in [0.05, 0.1) is 31.4 Å². The normalized spacial score (nSPS) is 41.5. The molecule has 0 radical (unpaired) electrons. The summed E-state index contributed by atoms with van der Waals surface area (Å²) in [6.07, 6.45) is -6.31. The molecule has 0 unspecified atom stereocenters. The summed E-state index contributed by atoms with van der Waals surface area (Å²) in [5, 5.41) is 94.2. The van der Waals surface area contributed by atoms with Gasteiger partial charge >= 0.3 is 0 Å². The molecule has 0 spiro atoms. The molecule has 15 heteroatoms. The van der Waals surface area contributed by atoms with Crippen LogP contribution in [0.1, 0.15) is 51.9 Å². The Balaban J connectivity index is 1.31. The Bertz CT molecular complexity index is 851. The molecule has 44 heavy (non-hydrogen) atoms. The summed E-state index contributed by atoms with van der Waals surface area (Å²) in [5.74, 6) is 0. The molecular formula is C29H53NO14. The molecule has 0 saturated carbocycles. The zero-order chi connectivity index (χ0) is 32.4. The van der Waals surface area contributed by atoms with Crippen LogP contribution in [0.5, 0.6) is 0 Å². The molecule has 0 aromatic rings. The van der Waals surface area contributed by atoms with Crippen molar-refractivity contribution in [3.63, 3.8) is 0 Å². The van der Waals surface area contributed by atoms with E-state index in [2.05, 4.69) is 5.32 Å². The number of rotatable bonds is 17. The number of aliphatic hydroxyl groups is 9. The van der Waals surface area contributed by atoms with Crippen molar-refractivity contribution in [3.05, 3.63) is 11.6 Å². The van der Waals surface area contributed by atoms with Crippen LogP contribution in [0.4, 0.5) is 0 Å². The zero-order valence-electron chi connectivity index (χ0n) is 25.5. The van der Waals surface area contributed by atoms with E-state index in [1.54, 1.807) is 13.0 Å². The Hall–Kier alpha value is -0.860. The van der Waals surface area contributed by atoms with E-state index in [1.165, 1.54) is 7.11 Å². The highest BCUT2D eigenvalue weighted by atomic mass is 16.7. The van der Waals surface area contributed by atoms with Crippen molar-refractivity contribution in [2.45, 2.75) is 138 Å². The van der Waals surface area contributed by atoms with Gasteiger partial charge in [-0.05, 0) is 25.3 Å². The van der Waals surface area contributed by atoms with E-state index in [4.69, 9.17) is 23.7 Å². The van der Waals surface area contributed by atoms with E-state index < -0.39 is 92.3 Å². The summed E-state index contributed by atoms with van der Waals surface area (Å²) < 4.78 is 27.3. The highest BCUT2D eigenvalue weighted by Gasteiger charge is 2.46. The van der Waals surface area contributed by atoms with Gasteiger partial charge in [-0.2, -0.15) is 0 Å². The van der Waals surface area contributed by atoms with Gasteiger partial charge in [0.1, 0.15) is 54.9 Å². The Morgan fingerprint density at radius 2 is 1.27 bits per heavy atom. The van der Waals surface area contributed by atoms with Gasteiger partial charge in [0.25, 0.3) is 0 Å². The lowest BCUT2D eigenvalue weighted by Gasteiger charge is -2.44. The molecule has 0 aromatic heterocycles. The van der Waals surface area contributed by atoms with Crippen molar-refractivity contribution < 1.29 is 69.6 Å². The zero-order valence-corrected chi connectivity index (χ0v) is 25.5. The van der Waals surface area contributed by atoms with Gasteiger partial charge in [-0.25, -0.2) is 0 Å². The van der Waals surface area contributed by atoms with Crippen LogP contribution in [0.15, 0.2) is 11.6 Å². The number of hydrogen-bond acceptors (Lipinski definition) is 15. The number of hydrogen-bond donors (Lipinski definition) is 10. The van der Waals surface area contributed by atoms with Crippen molar-refractivity contribution in [1.29, 1.82) is 0 Å². The minimum Gasteiger partial charge on any atom is -0.394 e. The predicted molar refractivity (Wildman–Crippen MR) is 153 cm³/mol. The Morgan fingerprint density at radius 1 is 0.682 bits per heavy atom. The number of aliphatic hydroxyl groups excluding tert-OH is 9. The molecule has 0 aromatic carbocycles. The fourth-order valence-electron chi connectivity index (χ4n) is 5.91. The Labute approximate surface area is 258 Å². The lowest BCUT2D eigenvalue weighted by molar-refractivity contribution is -0.301. The summed E-state index contributed by atoms with van der Waals surface area (Å²) in [7, 11) is 1.36. The van der Waals surface area contributed by atoms with Crippen LogP contribution in [0.25, 0.3) is 0 Å². The molecule has 15 nitrogen and oxygen atoms in total. The third kappa shape index (κ3) is 9.59. The molecule has 2 saturated heterocycles. The average Bonchev–Trinajstić information content (AvgIpc) is 3.02. The fourth-order valence-corrected chi connectivity index (χ4v) is 5.91. The van der Waals surface area contributed by atoms with Crippen molar-refractivity contribution in [1.82, 2.24) is 5.32 Å². The van der Waals surface area contributed by atoms with E-state index in [1.807, 2.05) is 0 Å². The molecule has 258 valence electrons. The summed E-state index contributed by atoms with van der Waals surface area (Å²) in [5.41, 5.74) is 0.403. The molecule has 3 rings (SSSR count). The smallest absolute Gasteiger partial charge is 0.186 e. The predicted octanol–water partition coefficient (Wildman–Crippen LogP) is -2.99. The lowest BCUT2D eigenvalue weighted by Crippen LogP contribution is -2.66. The van der Waals surface area contributed by atoms with Gasteiger partial charge in [0.15, 0.2) is 12.6 Å². The quantitative estimate of drug-likeness (QED) is 0.0564. The molecule has 2 aliphatic heterocycles. The summed E-state index contributed by atoms with van der Waals surface area (Å²) in [6.45, 7) is 1.43. The fraction of sp³-hybridized carbons (Fsp3) is 0.931. The van der Waals surface area contributed by atoms with Gasteiger partial charge in [0, 0.05) is 20.3 Å². The molecule has 0 amide bonds. The molecule has 2 heterocycles. The molecule has 2 fully saturated rings. The summed E-state index contributed by atoms with van der Waals surface area (Å²) >= 11 is 0. The monoisotopic (exact) mass is 639 g/mol. The first-order chi connectivity index (χ1) is 21.0. The van der Waals surface area contributed by atoms with Gasteiger partial charge in [0.2, 0.25) is 0 Å². The molecule has 3 aliphatic rings. The minimum atomic E-state index is -1.46. The second-order valence-corrected chi connectivity index (χ2v) is 11.9. The average molecular weight is 640 g/mol. The standard InChI is InChI=1S/C29H53NO14/c1-15-19(22(35)25(38)28(40-2)43-15)30-17-12-16(13-31)27(24(37)20(17)33)41-10-8-6-4-3-5-7-9-11-42-29-26(39)23(36)21(34)18(14-32)44-29/h12,15,17-39H,3-11,13-14H2,1-2H3/t15-,17+,18-,19-,20+,21-,22+,23+,24-,25-,26-,27-,28+,29+/m1/s1. The number of ether oxygens (including phenoxy) is 5. The third-order valence-electron chi connectivity index (χ3n) is 8.65. The maximum atomic E-state index is 10.8. The number of nitrogens with one attached hydrogen (secondary N) is 1. The van der Waals surface area contributed by atoms with Crippen LogP contribution in [-0.4, -0.2) is 165 Å². The largest absolute Gasteiger partial charge is 0.394 e. The van der Waals surface area contributed by atoms with Gasteiger partial charge in [-0.1, -0.05) is 38.2 Å². The van der Waals surface area contributed by atoms with Crippen molar-refractivity contribution in [2.75, 3.05) is 33.5 Å². The van der Waals surface area contributed by atoms with Crippen LogP contribution in [0.3, 0.4) is 0 Å². The lowest BCUT2D eigenvalue weighted by atomic mass is 9.86. The van der Waals surface area contributed by atoms with Crippen molar-refractivity contribution >= 4 is 0 Å². The summed E-state index contributed by atoms with van der Waals surface area (Å²) in [4.78, 5) is 0. The highest BCUT2D eigenvalue weighted by Crippen LogP contribution is 2.27. The van der Waals surface area contributed by atoms with E-state index >= 15 is 0 Å². The SMILES string of the molecule is CO[C@H]1O[C@H](C)[C@@H](N[C@H]2C=C(CO)[C@@H](OCCCCCCCCCO[C@H]3O[C@H](CO)[C@@H](O)[C@H](O)[C@H]3O)[C@H](O)[C@H]2O)[C@H](O)[C@H]1O. The van der Waals surface area contributed by atoms with Crippen LogP contribution in [-0.2, 0) is 23.7 Å². The van der Waals surface area contributed by atoms with Crippen molar-refractivity contribution in [3.8, 4) is 0 Å². The van der Waals surface area contributed by atoms with Gasteiger partial charge in [-0.15, -0.1) is 0 Å². The van der Waals surface area contributed by atoms with Crippen LogP contribution in [0.2, 0.25) is 0 Å². The molecule has 0 bridgehead atoms. The Kier molecular flexibility index (Phi) is 15.8. The van der Waals surface area contributed by atoms with E-state index in [-0.39, 0.29) is 6.61 Å². The number of methoxy groups -OCH3 is 1. The van der Waals surface area contributed by atoms with Crippen LogP contribution < -0.4 is 5.32 Å². The van der Waals surface area contributed by atoms with E-state index in [0.29, 0.717) is 25.2 Å². The van der Waals surface area contributed by atoms with Crippen molar-refractivity contribution in [2.24, 2.45) is 0 Å². The van der Waals surface area contributed by atoms with Gasteiger partial charge < -0.3 is 75.0 Å². The number of unbranched alkanes of at least 4 members (excludes halogenated alkanes) is 6. The molecule has 14 atom stereocenters. The highest BCUT2D eigenvalue weighted by molar-refractivity contribution is 5.23. The van der Waals surface area contributed by atoms with Crippen LogP contribution >= 0.6 is 0 Å². The minimum absolute atomic E-state index is 0.299. The molecule has 1 aliphatic carbocycles. The molecule has 10 N–H and O–H groups in total. The maximum Gasteiger partial charge on any atom is 0.186 e. The molecular weight excluding hydrogens is 586 g/mol. The topological polar surface area (TPSA) is 240 Å². The first-order valence-corrected chi connectivity index (χ1v) is 15.6. The first kappa shape index (κ1) is 37.6. The maximum absolute atomic E-state index is 10.8. The van der Waals surface area contributed by atoms with E-state index in [9.17, 15) is 46.0 Å².